The van der Waals surface area contributed by atoms with Gasteiger partial charge in [0.1, 0.15) is 17.0 Å². The Morgan fingerprint density at radius 3 is 1.95 bits per heavy atom. The van der Waals surface area contributed by atoms with Gasteiger partial charge in [0, 0.05) is 39.7 Å². The van der Waals surface area contributed by atoms with Gasteiger partial charge in [-0.2, -0.15) is 0 Å². The monoisotopic (exact) mass is 734 g/mol. The van der Waals surface area contributed by atoms with Gasteiger partial charge in [-0.1, -0.05) is 152 Å². The van der Waals surface area contributed by atoms with E-state index in [1.54, 1.807) is 0 Å². The Labute approximate surface area is 330 Å². The molecule has 5 nitrogen and oxygen atoms in total. The average molecular weight is 735 g/mol. The number of nitrogens with one attached hydrogen (secondary N) is 1. The molecule has 10 aromatic rings. The van der Waals surface area contributed by atoms with Gasteiger partial charge >= 0.3 is 0 Å². The number of fused-ring (bicyclic) bond motifs is 6. The summed E-state index contributed by atoms with van der Waals surface area (Å²) in [5, 5.41) is 7.99. The quantitative estimate of drug-likeness (QED) is 0.131. The number of aromatic nitrogens is 1. The summed E-state index contributed by atoms with van der Waals surface area (Å²) >= 11 is 0. The smallest absolute Gasteiger partial charge is 0.157 e. The Balaban J connectivity index is 1.10. The normalized spacial score (nSPS) is 12.2. The van der Waals surface area contributed by atoms with Gasteiger partial charge < -0.3 is 14.3 Å². The number of amidine groups is 2. The third-order valence-electron chi connectivity index (χ3n) is 10.7. The first-order chi connectivity index (χ1) is 28.2. The molecule has 0 bridgehead atoms. The van der Waals surface area contributed by atoms with Crippen molar-refractivity contribution in [3.05, 3.63) is 211 Å². The third kappa shape index (κ3) is 6.35. The fourth-order valence-electron chi connectivity index (χ4n) is 7.96. The zero-order valence-corrected chi connectivity index (χ0v) is 31.4. The molecular formula is C52H38N4O. The second-order valence-electron chi connectivity index (χ2n) is 14.2. The van der Waals surface area contributed by atoms with Crippen LogP contribution in [-0.4, -0.2) is 23.3 Å². The Bertz CT molecular complexity index is 3140. The molecule has 0 saturated carbocycles. The summed E-state index contributed by atoms with van der Waals surface area (Å²) in [7, 11) is 1.91. The van der Waals surface area contributed by atoms with Gasteiger partial charge in [0.2, 0.25) is 0 Å². The van der Waals surface area contributed by atoms with Crippen molar-refractivity contribution in [3.8, 4) is 27.9 Å². The van der Waals surface area contributed by atoms with Gasteiger partial charge in [0.15, 0.2) is 5.84 Å². The molecular weight excluding hydrogens is 697 g/mol. The van der Waals surface area contributed by atoms with E-state index >= 15 is 0 Å². The van der Waals surface area contributed by atoms with E-state index in [9.17, 15) is 0 Å². The third-order valence-corrected chi connectivity index (χ3v) is 10.7. The Morgan fingerprint density at radius 1 is 0.491 bits per heavy atom. The average Bonchev–Trinajstić information content (AvgIpc) is 3.82. The van der Waals surface area contributed by atoms with Crippen LogP contribution in [-0.2, 0) is 6.54 Å². The van der Waals surface area contributed by atoms with Crippen LogP contribution < -0.4 is 5.32 Å². The summed E-state index contributed by atoms with van der Waals surface area (Å²) in [6.07, 6.45) is 0. The largest absolute Gasteiger partial charge is 0.456 e. The molecule has 2 heterocycles. The maximum Gasteiger partial charge on any atom is 0.157 e. The lowest BCUT2D eigenvalue weighted by Crippen LogP contribution is -2.21. The van der Waals surface area contributed by atoms with Crippen molar-refractivity contribution in [3.63, 3.8) is 0 Å². The van der Waals surface area contributed by atoms with Crippen molar-refractivity contribution in [1.29, 1.82) is 0 Å². The summed E-state index contributed by atoms with van der Waals surface area (Å²) in [6, 6.07) is 67.9. The van der Waals surface area contributed by atoms with Crippen LogP contribution in [0.3, 0.4) is 0 Å². The van der Waals surface area contributed by atoms with E-state index in [0.717, 1.165) is 83.4 Å². The van der Waals surface area contributed by atoms with Crippen molar-refractivity contribution in [2.24, 2.45) is 9.98 Å². The van der Waals surface area contributed by atoms with Crippen molar-refractivity contribution in [2.75, 3.05) is 7.05 Å². The zero-order chi connectivity index (χ0) is 38.1. The Kier molecular flexibility index (Phi) is 8.73. The SMILES string of the molecule is CN/C(=N\C(=N/Cc1ccccc1-n1c2ccccc2c2ccc(-c3ccc4c(c3)oc3ccccc34)cc21)c1cccc(-c2ccccc2)c1)c1ccccc1. The number of para-hydroxylation sites is 3. The maximum absolute atomic E-state index is 6.29. The molecule has 0 aliphatic heterocycles. The van der Waals surface area contributed by atoms with Gasteiger partial charge in [-0.05, 0) is 70.3 Å². The van der Waals surface area contributed by atoms with E-state index in [-0.39, 0.29) is 0 Å². The topological polar surface area (TPSA) is 54.8 Å². The molecule has 2 aromatic heterocycles. The highest BCUT2D eigenvalue weighted by atomic mass is 16.3. The second kappa shape index (κ2) is 14.6. The summed E-state index contributed by atoms with van der Waals surface area (Å²) < 4.78 is 8.68. The predicted molar refractivity (Wildman–Crippen MR) is 238 cm³/mol. The van der Waals surface area contributed by atoms with Crippen molar-refractivity contribution in [2.45, 2.75) is 6.54 Å². The minimum absolute atomic E-state index is 0.423. The summed E-state index contributed by atoms with van der Waals surface area (Å²) in [6.45, 7) is 0.423. The molecule has 0 fully saturated rings. The standard InChI is InChI=1S/C52H38N4O/c1-53-51(36-17-6-3-7-18-36)55-52(40-21-14-20-37(31-40)35-15-4-2-5-16-35)54-34-41-19-8-11-24-46(41)56-47-25-12-9-22-42(47)43-29-27-38(32-48(43)56)39-28-30-45-44-23-10-13-26-49(44)57-50(45)33-39/h2-33H,34H2,1H3,(H,53,54,55). The first-order valence-electron chi connectivity index (χ1n) is 19.3. The number of hydrogen-bond acceptors (Lipinski definition) is 2. The highest BCUT2D eigenvalue weighted by Gasteiger charge is 2.17. The minimum Gasteiger partial charge on any atom is -0.456 e. The van der Waals surface area contributed by atoms with Crippen LogP contribution in [0.2, 0.25) is 0 Å². The molecule has 1 N–H and O–H groups in total. The van der Waals surface area contributed by atoms with Crippen molar-refractivity contribution < 1.29 is 4.42 Å². The van der Waals surface area contributed by atoms with Gasteiger partial charge in [-0.3, -0.25) is 4.99 Å². The summed E-state index contributed by atoms with van der Waals surface area (Å²) in [5.74, 6) is 1.41. The van der Waals surface area contributed by atoms with Crippen molar-refractivity contribution in [1.82, 2.24) is 9.88 Å². The van der Waals surface area contributed by atoms with Gasteiger partial charge in [-0.15, -0.1) is 0 Å². The number of furan rings is 1. The minimum atomic E-state index is 0.423. The van der Waals surface area contributed by atoms with E-state index < -0.39 is 0 Å². The molecule has 10 rings (SSSR count). The first-order valence-corrected chi connectivity index (χ1v) is 19.3. The number of rotatable bonds is 7. The fraction of sp³-hybridized carbons (Fsp3) is 0.0385. The lowest BCUT2D eigenvalue weighted by molar-refractivity contribution is 0.669. The van der Waals surface area contributed by atoms with Gasteiger partial charge in [0.05, 0.1) is 23.3 Å². The second-order valence-corrected chi connectivity index (χ2v) is 14.2. The van der Waals surface area contributed by atoms with Crippen molar-refractivity contribution >= 4 is 55.4 Å². The molecule has 57 heavy (non-hydrogen) atoms. The molecule has 272 valence electrons. The molecule has 8 aromatic carbocycles. The molecule has 0 unspecified atom stereocenters. The summed E-state index contributed by atoms with van der Waals surface area (Å²) in [5.41, 5.74) is 12.7. The van der Waals surface area contributed by atoms with E-state index in [0.29, 0.717) is 12.4 Å². The van der Waals surface area contributed by atoms with Crippen LogP contribution in [0.1, 0.15) is 16.7 Å². The van der Waals surface area contributed by atoms with Crippen LogP contribution in [0.15, 0.2) is 209 Å². The molecule has 0 aliphatic rings. The molecule has 0 saturated heterocycles. The van der Waals surface area contributed by atoms with Gasteiger partial charge in [-0.25, -0.2) is 4.99 Å². The zero-order valence-electron chi connectivity index (χ0n) is 31.4. The fourth-order valence-corrected chi connectivity index (χ4v) is 7.96. The number of aliphatic imine (C=N–C) groups is 2. The van der Waals surface area contributed by atoms with Crippen LogP contribution in [0.5, 0.6) is 0 Å². The molecule has 5 heteroatoms. The Hall–Kier alpha value is -7.50. The lowest BCUT2D eigenvalue weighted by Gasteiger charge is -2.14. The highest BCUT2D eigenvalue weighted by molar-refractivity contribution is 6.12. The van der Waals surface area contributed by atoms with Crippen LogP contribution in [0, 0.1) is 0 Å². The number of benzene rings is 8. The van der Waals surface area contributed by atoms with E-state index in [4.69, 9.17) is 14.4 Å². The van der Waals surface area contributed by atoms with E-state index in [2.05, 4.69) is 168 Å². The lowest BCUT2D eigenvalue weighted by atomic mass is 10.0. The van der Waals surface area contributed by atoms with Crippen LogP contribution >= 0.6 is 0 Å². The van der Waals surface area contributed by atoms with Crippen LogP contribution in [0.4, 0.5) is 0 Å². The molecule has 0 atom stereocenters. The highest BCUT2D eigenvalue weighted by Crippen LogP contribution is 2.37. The van der Waals surface area contributed by atoms with Crippen LogP contribution in [0.25, 0.3) is 71.7 Å². The predicted octanol–water partition coefficient (Wildman–Crippen LogP) is 12.6. The maximum atomic E-state index is 6.29. The van der Waals surface area contributed by atoms with E-state index in [1.807, 2.05) is 43.4 Å². The van der Waals surface area contributed by atoms with Gasteiger partial charge in [0.25, 0.3) is 0 Å². The van der Waals surface area contributed by atoms with E-state index in [1.165, 1.54) is 10.8 Å². The first kappa shape index (κ1) is 34.0. The molecule has 0 amide bonds. The number of hydrogen-bond donors (Lipinski definition) is 1. The molecule has 0 radical (unpaired) electrons. The number of nitrogens with zero attached hydrogens (tertiary/aromatic N) is 3. The summed E-state index contributed by atoms with van der Waals surface area (Å²) in [4.78, 5) is 10.5. The molecule has 0 spiro atoms. The molecule has 0 aliphatic carbocycles. The Morgan fingerprint density at radius 2 is 1.11 bits per heavy atom.